The van der Waals surface area contributed by atoms with E-state index >= 15 is 0 Å². The Kier molecular flexibility index (Phi) is 10.8. The van der Waals surface area contributed by atoms with Crippen LogP contribution in [0.4, 0.5) is 11.4 Å². The lowest BCUT2D eigenvalue weighted by atomic mass is 10.2. The lowest BCUT2D eigenvalue weighted by Crippen LogP contribution is -2.46. The number of rotatable bonds is 10. The first-order chi connectivity index (χ1) is 23.5. The Hall–Kier alpha value is -4.94. The highest BCUT2D eigenvalue weighted by Crippen LogP contribution is 2.25. The van der Waals surface area contributed by atoms with Crippen LogP contribution in [0.1, 0.15) is 32.1 Å². The fourth-order valence-electron chi connectivity index (χ4n) is 5.77. The molecule has 0 N–H and O–H groups in total. The van der Waals surface area contributed by atoms with E-state index in [0.29, 0.717) is 25.6 Å². The standard InChI is InChI=1S/C30H38N8O4.C6H6/c1-4-22(2)38-30(39)37(23(3)33-38)26-7-5-24(6-8-26)34-15-17-35(18-16-34)25-9-11-27(12-10-25)40-20-28-21-41-29(42-28)19-36-31-13-14-32-36;1-2-4-6-5-3-1/h5-14,22,28-29H,4,15-21H2,1-3H3;1-6H. The van der Waals surface area contributed by atoms with Crippen LogP contribution in [0, 0.1) is 6.92 Å². The second kappa shape index (κ2) is 15.8. The highest BCUT2D eigenvalue weighted by molar-refractivity contribution is 5.55. The van der Waals surface area contributed by atoms with Crippen molar-refractivity contribution in [2.75, 3.05) is 49.2 Å². The van der Waals surface area contributed by atoms with Gasteiger partial charge in [0.15, 0.2) is 6.29 Å². The van der Waals surface area contributed by atoms with E-state index in [-0.39, 0.29) is 24.1 Å². The molecule has 0 bridgehead atoms. The molecule has 3 unspecified atom stereocenters. The van der Waals surface area contributed by atoms with Crippen LogP contribution in [-0.2, 0) is 16.0 Å². The maximum absolute atomic E-state index is 13.0. The van der Waals surface area contributed by atoms with Crippen molar-refractivity contribution in [1.29, 1.82) is 0 Å². The highest BCUT2D eigenvalue weighted by atomic mass is 16.7. The predicted molar refractivity (Wildman–Crippen MR) is 185 cm³/mol. The van der Waals surface area contributed by atoms with Crippen molar-refractivity contribution in [3.8, 4) is 11.4 Å². The predicted octanol–water partition coefficient (Wildman–Crippen LogP) is 4.74. The van der Waals surface area contributed by atoms with Crippen molar-refractivity contribution in [1.82, 2.24) is 29.3 Å². The van der Waals surface area contributed by atoms with Crippen molar-refractivity contribution in [3.05, 3.63) is 114 Å². The minimum absolute atomic E-state index is 0.0727. The van der Waals surface area contributed by atoms with Gasteiger partial charge in [-0.15, -0.1) is 0 Å². The molecule has 3 atom stereocenters. The molecule has 48 heavy (non-hydrogen) atoms. The van der Waals surface area contributed by atoms with Crippen molar-refractivity contribution in [2.24, 2.45) is 0 Å². The molecule has 2 fully saturated rings. The molecule has 12 nitrogen and oxygen atoms in total. The van der Waals surface area contributed by atoms with Crippen LogP contribution in [-0.4, -0.2) is 81.1 Å². The van der Waals surface area contributed by atoms with E-state index in [1.54, 1.807) is 26.4 Å². The van der Waals surface area contributed by atoms with Gasteiger partial charge in [0.2, 0.25) is 0 Å². The summed E-state index contributed by atoms with van der Waals surface area (Å²) in [5, 5.41) is 12.7. The van der Waals surface area contributed by atoms with Crippen molar-refractivity contribution in [2.45, 2.75) is 52.2 Å². The fraction of sp³-hybridized carbons (Fsp3) is 0.389. The van der Waals surface area contributed by atoms with E-state index in [2.05, 4.69) is 56.3 Å². The summed E-state index contributed by atoms with van der Waals surface area (Å²) in [6.07, 6.45) is 3.64. The molecule has 5 aromatic rings. The number of benzene rings is 3. The number of hydrogen-bond donors (Lipinski definition) is 0. The molecular formula is C36H44N8O4. The average molecular weight is 653 g/mol. The third kappa shape index (κ3) is 8.12. The normalized spacial score (nSPS) is 18.3. The van der Waals surface area contributed by atoms with Crippen LogP contribution in [0.2, 0.25) is 0 Å². The monoisotopic (exact) mass is 652 g/mol. The van der Waals surface area contributed by atoms with E-state index in [4.69, 9.17) is 14.2 Å². The molecule has 0 aliphatic carbocycles. The molecule has 0 spiro atoms. The second-order valence-electron chi connectivity index (χ2n) is 11.9. The van der Waals surface area contributed by atoms with Gasteiger partial charge < -0.3 is 24.0 Å². The van der Waals surface area contributed by atoms with Gasteiger partial charge in [-0.05, 0) is 68.8 Å². The Morgan fingerprint density at radius 2 is 1.38 bits per heavy atom. The summed E-state index contributed by atoms with van der Waals surface area (Å²) in [6, 6.07) is 28.5. The first-order valence-electron chi connectivity index (χ1n) is 16.6. The number of piperazine rings is 1. The van der Waals surface area contributed by atoms with E-state index in [0.717, 1.165) is 49.7 Å². The van der Waals surface area contributed by atoms with E-state index in [1.165, 1.54) is 5.69 Å². The van der Waals surface area contributed by atoms with Gasteiger partial charge in [-0.1, -0.05) is 43.3 Å². The van der Waals surface area contributed by atoms with Crippen LogP contribution in [0.15, 0.2) is 102 Å². The Labute approximate surface area is 281 Å². The van der Waals surface area contributed by atoms with Gasteiger partial charge in [-0.3, -0.25) is 0 Å². The molecule has 2 saturated heterocycles. The van der Waals surface area contributed by atoms with Gasteiger partial charge in [0.25, 0.3) is 0 Å². The third-order valence-electron chi connectivity index (χ3n) is 8.62. The lowest BCUT2D eigenvalue weighted by Gasteiger charge is -2.37. The molecule has 7 rings (SSSR count). The van der Waals surface area contributed by atoms with Gasteiger partial charge in [0.1, 0.15) is 30.8 Å². The topological polar surface area (TPSA) is 105 Å². The Morgan fingerprint density at radius 3 is 1.94 bits per heavy atom. The Morgan fingerprint density at radius 1 is 0.833 bits per heavy atom. The van der Waals surface area contributed by atoms with Crippen molar-refractivity contribution < 1.29 is 14.2 Å². The molecule has 3 aromatic carbocycles. The van der Waals surface area contributed by atoms with Crippen molar-refractivity contribution >= 4 is 11.4 Å². The maximum Gasteiger partial charge on any atom is 0.350 e. The summed E-state index contributed by atoms with van der Waals surface area (Å²) in [6.45, 7) is 11.0. The summed E-state index contributed by atoms with van der Waals surface area (Å²) < 4.78 is 20.8. The molecular weight excluding hydrogens is 608 g/mol. The summed E-state index contributed by atoms with van der Waals surface area (Å²) in [4.78, 5) is 19.3. The number of nitrogens with zero attached hydrogens (tertiary/aromatic N) is 8. The van der Waals surface area contributed by atoms with Crippen LogP contribution in [0.25, 0.3) is 5.69 Å². The zero-order valence-corrected chi connectivity index (χ0v) is 27.8. The largest absolute Gasteiger partial charge is 0.491 e. The maximum atomic E-state index is 13.0. The SMILES string of the molecule is CCC(C)n1nc(C)n(-c2ccc(N3CCN(c4ccc(OCC5COC(Cn6nccn6)O5)cc4)CC3)cc2)c1=O.c1ccccc1. The summed E-state index contributed by atoms with van der Waals surface area (Å²) >= 11 is 0. The van der Waals surface area contributed by atoms with E-state index < -0.39 is 0 Å². The molecule has 252 valence electrons. The van der Waals surface area contributed by atoms with Crippen LogP contribution < -0.4 is 20.2 Å². The summed E-state index contributed by atoms with van der Waals surface area (Å²) in [5.74, 6) is 1.51. The Balaban J connectivity index is 0.000000604. The fourth-order valence-corrected chi connectivity index (χ4v) is 5.77. The summed E-state index contributed by atoms with van der Waals surface area (Å²) in [5.41, 5.74) is 3.09. The smallest absolute Gasteiger partial charge is 0.350 e. The highest BCUT2D eigenvalue weighted by Gasteiger charge is 2.27. The number of aryl methyl sites for hydroxylation is 1. The van der Waals surface area contributed by atoms with Gasteiger partial charge in [0.05, 0.1) is 30.7 Å². The van der Waals surface area contributed by atoms with Gasteiger partial charge >= 0.3 is 5.69 Å². The number of anilines is 2. The molecule has 2 aliphatic heterocycles. The minimum atomic E-state index is -0.363. The third-order valence-corrected chi connectivity index (χ3v) is 8.62. The summed E-state index contributed by atoms with van der Waals surface area (Å²) in [7, 11) is 0. The molecule has 4 heterocycles. The van der Waals surface area contributed by atoms with Crippen LogP contribution in [0.3, 0.4) is 0 Å². The van der Waals surface area contributed by atoms with Crippen LogP contribution in [0.5, 0.6) is 5.75 Å². The quantitative estimate of drug-likeness (QED) is 0.212. The first kappa shape index (κ1) is 33.0. The molecule has 0 amide bonds. The average Bonchev–Trinajstić information content (AvgIpc) is 3.89. The molecule has 0 saturated carbocycles. The molecule has 2 aromatic heterocycles. The zero-order valence-electron chi connectivity index (χ0n) is 27.8. The Bertz CT molecular complexity index is 1710. The zero-order chi connectivity index (χ0) is 33.3. The number of aromatic nitrogens is 6. The molecule has 0 radical (unpaired) electrons. The number of ether oxygens (including phenoxy) is 3. The van der Waals surface area contributed by atoms with E-state index in [1.807, 2.05) is 74.5 Å². The van der Waals surface area contributed by atoms with Crippen LogP contribution >= 0.6 is 0 Å². The number of hydrogen-bond acceptors (Lipinski definition) is 9. The van der Waals surface area contributed by atoms with Gasteiger partial charge in [-0.25, -0.2) is 14.0 Å². The minimum Gasteiger partial charge on any atom is -0.491 e. The lowest BCUT2D eigenvalue weighted by molar-refractivity contribution is -0.0765. The molecule has 2 aliphatic rings. The first-order valence-corrected chi connectivity index (χ1v) is 16.6. The molecule has 12 heteroatoms. The van der Waals surface area contributed by atoms with E-state index in [9.17, 15) is 4.79 Å². The van der Waals surface area contributed by atoms with Crippen molar-refractivity contribution in [3.63, 3.8) is 0 Å². The van der Waals surface area contributed by atoms with Gasteiger partial charge in [0, 0.05) is 37.6 Å². The van der Waals surface area contributed by atoms with Gasteiger partial charge in [-0.2, -0.15) is 20.1 Å². The second-order valence-corrected chi connectivity index (χ2v) is 11.9.